The normalized spacial score (nSPS) is 12.3. The maximum atomic E-state index is 12.3. The van der Waals surface area contributed by atoms with E-state index in [2.05, 4.69) is 10.3 Å². The van der Waals surface area contributed by atoms with E-state index in [1.807, 2.05) is 36.4 Å². The molecule has 0 aliphatic carbocycles. The number of anilines is 2. The number of nitrogens with one attached hydrogen (secondary N) is 1. The Morgan fingerprint density at radius 1 is 1.24 bits per heavy atom. The molecule has 0 fully saturated rings. The number of aromatic nitrogens is 1. The summed E-state index contributed by atoms with van der Waals surface area (Å²) in [6.45, 7) is 0.135. The summed E-state index contributed by atoms with van der Waals surface area (Å²) < 4.78 is 15.8. The molecule has 1 N–H and O–H groups in total. The fourth-order valence-corrected chi connectivity index (χ4v) is 3.31. The molecule has 144 valence electrons. The molecule has 0 unspecified atom stereocenters. The summed E-state index contributed by atoms with van der Waals surface area (Å²) in [4.78, 5) is 16.7. The average molecular weight is 405 g/mol. The summed E-state index contributed by atoms with van der Waals surface area (Å²) in [6, 6.07) is 16.7. The van der Waals surface area contributed by atoms with Crippen LogP contribution in [0.15, 0.2) is 59.5 Å². The SMILES string of the molecule is N#CC(=Cc1ccc2c(c1)OCO2)C(=O)OCc1csc(Nc2ccccc2)n1. The average Bonchev–Trinajstić information content (AvgIpc) is 3.40. The first kappa shape index (κ1) is 18.5. The van der Waals surface area contributed by atoms with Crippen molar-refractivity contribution in [3.8, 4) is 17.6 Å². The summed E-state index contributed by atoms with van der Waals surface area (Å²) in [7, 11) is 0. The predicted octanol–water partition coefficient (Wildman–Crippen LogP) is 4.27. The van der Waals surface area contributed by atoms with Gasteiger partial charge in [-0.25, -0.2) is 9.78 Å². The van der Waals surface area contributed by atoms with Crippen molar-refractivity contribution in [3.63, 3.8) is 0 Å². The van der Waals surface area contributed by atoms with Gasteiger partial charge >= 0.3 is 5.97 Å². The van der Waals surface area contributed by atoms with Crippen molar-refractivity contribution in [2.24, 2.45) is 0 Å². The van der Waals surface area contributed by atoms with E-state index in [0.29, 0.717) is 27.9 Å². The summed E-state index contributed by atoms with van der Waals surface area (Å²) in [5.41, 5.74) is 2.05. The van der Waals surface area contributed by atoms with Gasteiger partial charge in [-0.1, -0.05) is 24.3 Å². The summed E-state index contributed by atoms with van der Waals surface area (Å²) in [6.07, 6.45) is 1.45. The Kier molecular flexibility index (Phi) is 5.40. The van der Waals surface area contributed by atoms with Gasteiger partial charge in [0.1, 0.15) is 18.2 Å². The highest BCUT2D eigenvalue weighted by Gasteiger charge is 2.15. The minimum atomic E-state index is -0.712. The first-order valence-corrected chi connectivity index (χ1v) is 9.54. The number of fused-ring (bicyclic) bond motifs is 1. The maximum Gasteiger partial charge on any atom is 0.349 e. The Morgan fingerprint density at radius 3 is 2.90 bits per heavy atom. The molecule has 0 bridgehead atoms. The fraction of sp³-hybridized carbons (Fsp3) is 0.0952. The van der Waals surface area contributed by atoms with E-state index in [-0.39, 0.29) is 19.0 Å². The lowest BCUT2D eigenvalue weighted by Gasteiger charge is -2.03. The number of benzene rings is 2. The van der Waals surface area contributed by atoms with Gasteiger partial charge in [0, 0.05) is 11.1 Å². The molecule has 1 aromatic heterocycles. The zero-order chi connectivity index (χ0) is 20.1. The summed E-state index contributed by atoms with van der Waals surface area (Å²) in [5, 5.41) is 15.0. The largest absolute Gasteiger partial charge is 0.455 e. The number of hydrogen-bond donors (Lipinski definition) is 1. The third kappa shape index (κ3) is 4.54. The number of esters is 1. The van der Waals surface area contributed by atoms with Crippen molar-refractivity contribution >= 4 is 34.2 Å². The topological polar surface area (TPSA) is 93.5 Å². The lowest BCUT2D eigenvalue weighted by molar-refractivity contribution is -0.139. The molecule has 0 radical (unpaired) electrons. The van der Waals surface area contributed by atoms with Crippen LogP contribution >= 0.6 is 11.3 Å². The number of carbonyl (C=O) groups excluding carboxylic acids is 1. The van der Waals surface area contributed by atoms with Crippen LogP contribution in [0, 0.1) is 11.3 Å². The highest BCUT2D eigenvalue weighted by molar-refractivity contribution is 7.13. The van der Waals surface area contributed by atoms with Gasteiger partial charge in [-0.3, -0.25) is 0 Å². The van der Waals surface area contributed by atoms with Crippen molar-refractivity contribution in [1.82, 2.24) is 4.98 Å². The number of thiazole rings is 1. The van der Waals surface area contributed by atoms with Gasteiger partial charge in [-0.15, -0.1) is 11.3 Å². The lowest BCUT2D eigenvalue weighted by Crippen LogP contribution is -2.07. The minimum Gasteiger partial charge on any atom is -0.455 e. The van der Waals surface area contributed by atoms with Crippen LogP contribution in [0.3, 0.4) is 0 Å². The summed E-state index contributed by atoms with van der Waals surface area (Å²) in [5.74, 6) is 0.493. The van der Waals surface area contributed by atoms with Gasteiger partial charge in [0.25, 0.3) is 0 Å². The number of nitriles is 1. The molecule has 1 aliphatic rings. The molecule has 4 rings (SSSR count). The van der Waals surface area contributed by atoms with E-state index in [1.165, 1.54) is 17.4 Å². The maximum absolute atomic E-state index is 12.3. The van der Waals surface area contributed by atoms with Crippen LogP contribution in [0.2, 0.25) is 0 Å². The van der Waals surface area contributed by atoms with Crippen LogP contribution in [0.5, 0.6) is 11.5 Å². The monoisotopic (exact) mass is 405 g/mol. The number of rotatable bonds is 6. The molecule has 0 saturated heterocycles. The Morgan fingerprint density at radius 2 is 2.07 bits per heavy atom. The minimum absolute atomic E-state index is 0.0219. The Hall–Kier alpha value is -3.83. The second kappa shape index (κ2) is 8.46. The van der Waals surface area contributed by atoms with Crippen molar-refractivity contribution in [3.05, 3.63) is 70.7 Å². The number of carbonyl (C=O) groups is 1. The van der Waals surface area contributed by atoms with Gasteiger partial charge < -0.3 is 19.5 Å². The van der Waals surface area contributed by atoms with Crippen LogP contribution in [0.25, 0.3) is 6.08 Å². The van der Waals surface area contributed by atoms with Crippen molar-refractivity contribution in [2.45, 2.75) is 6.61 Å². The van der Waals surface area contributed by atoms with E-state index >= 15 is 0 Å². The molecule has 2 heterocycles. The fourth-order valence-electron chi connectivity index (χ4n) is 2.60. The Labute approximate surface area is 170 Å². The molecule has 0 saturated carbocycles. The molecule has 0 atom stereocenters. The van der Waals surface area contributed by atoms with Crippen LogP contribution in [0.1, 0.15) is 11.3 Å². The van der Waals surface area contributed by atoms with Gasteiger partial charge in [0.15, 0.2) is 16.6 Å². The second-order valence-electron chi connectivity index (χ2n) is 5.99. The van der Waals surface area contributed by atoms with Crippen LogP contribution in [-0.4, -0.2) is 17.7 Å². The molecule has 1 aliphatic heterocycles. The molecule has 2 aromatic carbocycles. The quantitative estimate of drug-likeness (QED) is 0.372. The van der Waals surface area contributed by atoms with E-state index in [9.17, 15) is 10.1 Å². The van der Waals surface area contributed by atoms with Gasteiger partial charge in [-0.05, 0) is 35.9 Å². The smallest absolute Gasteiger partial charge is 0.349 e. The summed E-state index contributed by atoms with van der Waals surface area (Å²) >= 11 is 1.41. The molecular weight excluding hydrogens is 390 g/mol. The molecule has 7 nitrogen and oxygen atoms in total. The number of ether oxygens (including phenoxy) is 3. The standard InChI is InChI=1S/C21H15N3O4S/c22-10-15(8-14-6-7-18-19(9-14)28-13-27-18)20(25)26-11-17-12-29-21(24-17)23-16-4-2-1-3-5-16/h1-9,12H,11,13H2,(H,23,24). The first-order chi connectivity index (χ1) is 14.2. The van der Waals surface area contributed by atoms with Gasteiger partial charge in [-0.2, -0.15) is 5.26 Å². The van der Waals surface area contributed by atoms with E-state index < -0.39 is 5.97 Å². The highest BCUT2D eigenvalue weighted by atomic mass is 32.1. The second-order valence-corrected chi connectivity index (χ2v) is 6.85. The number of hydrogen-bond acceptors (Lipinski definition) is 8. The zero-order valence-corrected chi connectivity index (χ0v) is 15.9. The molecule has 8 heteroatoms. The van der Waals surface area contributed by atoms with Gasteiger partial charge in [0.2, 0.25) is 6.79 Å². The van der Waals surface area contributed by atoms with Crippen molar-refractivity contribution in [2.75, 3.05) is 12.1 Å². The lowest BCUT2D eigenvalue weighted by atomic mass is 10.1. The third-order valence-electron chi connectivity index (χ3n) is 3.98. The number of para-hydroxylation sites is 1. The first-order valence-electron chi connectivity index (χ1n) is 8.66. The van der Waals surface area contributed by atoms with Gasteiger partial charge in [0.05, 0.1) is 5.69 Å². The predicted molar refractivity (Wildman–Crippen MR) is 108 cm³/mol. The van der Waals surface area contributed by atoms with Crippen LogP contribution in [-0.2, 0) is 16.1 Å². The zero-order valence-electron chi connectivity index (χ0n) is 15.1. The number of nitrogens with zero attached hydrogens (tertiary/aromatic N) is 2. The molecular formula is C21H15N3O4S. The van der Waals surface area contributed by atoms with E-state index in [0.717, 1.165) is 5.69 Å². The van der Waals surface area contributed by atoms with Crippen molar-refractivity contribution < 1.29 is 19.0 Å². The Balaban J connectivity index is 1.38. The molecule has 0 amide bonds. The third-order valence-corrected chi connectivity index (χ3v) is 4.78. The molecule has 0 spiro atoms. The van der Waals surface area contributed by atoms with Crippen molar-refractivity contribution in [1.29, 1.82) is 5.26 Å². The highest BCUT2D eigenvalue weighted by Crippen LogP contribution is 2.33. The van der Waals surface area contributed by atoms with Crippen LogP contribution < -0.4 is 14.8 Å². The molecule has 29 heavy (non-hydrogen) atoms. The molecule has 3 aromatic rings. The van der Waals surface area contributed by atoms with E-state index in [1.54, 1.807) is 23.6 Å². The Bertz CT molecular complexity index is 1100. The van der Waals surface area contributed by atoms with Crippen LogP contribution in [0.4, 0.5) is 10.8 Å². The van der Waals surface area contributed by atoms with E-state index in [4.69, 9.17) is 14.2 Å².